The van der Waals surface area contributed by atoms with Gasteiger partial charge in [-0.15, -0.1) is 0 Å². The van der Waals surface area contributed by atoms with Crippen molar-refractivity contribution in [3.63, 3.8) is 0 Å². The summed E-state index contributed by atoms with van der Waals surface area (Å²) in [7, 11) is 3.16. The van der Waals surface area contributed by atoms with Gasteiger partial charge in [-0.1, -0.05) is 12.2 Å². The van der Waals surface area contributed by atoms with Crippen LogP contribution in [0.25, 0.3) is 0 Å². The number of allylic oxidation sites excluding steroid dienone is 2. The standard InChI is InChI=1S/C15H19NO3/c1-18-13-8-7-12(10-14(13)19-2)16-15(17)9-11-5-3-4-6-11/h3,5,7-8,10-11H,4,6,9H2,1-2H3,(H,16,17). The topological polar surface area (TPSA) is 47.6 Å². The summed E-state index contributed by atoms with van der Waals surface area (Å²) in [5.74, 6) is 1.67. The first-order chi connectivity index (χ1) is 9.22. The average Bonchev–Trinajstić information content (AvgIpc) is 2.91. The fourth-order valence-electron chi connectivity index (χ4n) is 2.23. The number of hydrogen-bond donors (Lipinski definition) is 1. The molecule has 0 heterocycles. The van der Waals surface area contributed by atoms with Crippen molar-refractivity contribution in [2.24, 2.45) is 5.92 Å². The number of rotatable bonds is 5. The Morgan fingerprint density at radius 2 is 2.11 bits per heavy atom. The number of benzene rings is 1. The molecule has 0 aliphatic heterocycles. The fourth-order valence-corrected chi connectivity index (χ4v) is 2.23. The SMILES string of the molecule is COc1ccc(NC(=O)CC2C=CCC2)cc1OC. The van der Waals surface area contributed by atoms with Gasteiger partial charge in [0.25, 0.3) is 0 Å². The number of nitrogens with one attached hydrogen (secondary N) is 1. The number of anilines is 1. The van der Waals surface area contributed by atoms with Crippen molar-refractivity contribution in [3.8, 4) is 11.5 Å². The van der Waals surface area contributed by atoms with Gasteiger partial charge in [0.2, 0.25) is 5.91 Å². The maximum Gasteiger partial charge on any atom is 0.224 e. The van der Waals surface area contributed by atoms with Gasteiger partial charge in [0, 0.05) is 18.2 Å². The van der Waals surface area contributed by atoms with E-state index < -0.39 is 0 Å². The Kier molecular flexibility index (Phi) is 4.44. The molecule has 4 nitrogen and oxygen atoms in total. The Hall–Kier alpha value is -1.97. The maximum absolute atomic E-state index is 11.9. The van der Waals surface area contributed by atoms with E-state index in [0.717, 1.165) is 18.5 Å². The molecule has 0 spiro atoms. The predicted molar refractivity (Wildman–Crippen MR) is 74.7 cm³/mol. The third kappa shape index (κ3) is 3.50. The van der Waals surface area contributed by atoms with Gasteiger partial charge in [0.15, 0.2) is 11.5 Å². The van der Waals surface area contributed by atoms with Crippen LogP contribution in [0.4, 0.5) is 5.69 Å². The van der Waals surface area contributed by atoms with E-state index in [1.54, 1.807) is 26.4 Å². The van der Waals surface area contributed by atoms with Crippen molar-refractivity contribution in [3.05, 3.63) is 30.4 Å². The lowest BCUT2D eigenvalue weighted by Gasteiger charge is -2.11. The van der Waals surface area contributed by atoms with Crippen LogP contribution in [-0.4, -0.2) is 20.1 Å². The van der Waals surface area contributed by atoms with Gasteiger partial charge < -0.3 is 14.8 Å². The highest BCUT2D eigenvalue weighted by Gasteiger charge is 2.14. The molecule has 102 valence electrons. The highest BCUT2D eigenvalue weighted by atomic mass is 16.5. The van der Waals surface area contributed by atoms with Crippen LogP contribution >= 0.6 is 0 Å². The van der Waals surface area contributed by atoms with E-state index in [9.17, 15) is 4.79 Å². The maximum atomic E-state index is 11.9. The first-order valence-electron chi connectivity index (χ1n) is 6.41. The van der Waals surface area contributed by atoms with E-state index >= 15 is 0 Å². The number of carbonyl (C=O) groups excluding carboxylic acids is 1. The van der Waals surface area contributed by atoms with Crippen LogP contribution in [0.1, 0.15) is 19.3 Å². The summed E-state index contributed by atoms with van der Waals surface area (Å²) in [4.78, 5) is 11.9. The number of ether oxygens (including phenoxy) is 2. The second-order valence-corrected chi connectivity index (χ2v) is 4.59. The Morgan fingerprint density at radius 3 is 2.74 bits per heavy atom. The molecule has 2 rings (SSSR count). The Balaban J connectivity index is 1.98. The fraction of sp³-hybridized carbons (Fsp3) is 0.400. The predicted octanol–water partition coefficient (Wildman–Crippen LogP) is 3.00. The third-order valence-corrected chi connectivity index (χ3v) is 3.23. The molecule has 1 aromatic carbocycles. The highest BCUT2D eigenvalue weighted by molar-refractivity contribution is 5.91. The molecule has 0 saturated carbocycles. The highest BCUT2D eigenvalue weighted by Crippen LogP contribution is 2.30. The molecule has 0 radical (unpaired) electrons. The lowest BCUT2D eigenvalue weighted by Crippen LogP contribution is -2.14. The van der Waals surface area contributed by atoms with E-state index in [2.05, 4.69) is 17.5 Å². The van der Waals surface area contributed by atoms with Crippen LogP contribution in [0.5, 0.6) is 11.5 Å². The van der Waals surface area contributed by atoms with Gasteiger partial charge in [-0.25, -0.2) is 0 Å². The van der Waals surface area contributed by atoms with Gasteiger partial charge in [0.05, 0.1) is 14.2 Å². The van der Waals surface area contributed by atoms with Gasteiger partial charge in [0.1, 0.15) is 0 Å². The molecule has 0 saturated heterocycles. The molecule has 19 heavy (non-hydrogen) atoms. The molecule has 0 fully saturated rings. The minimum absolute atomic E-state index is 0.0313. The van der Waals surface area contributed by atoms with Gasteiger partial charge in [-0.2, -0.15) is 0 Å². The molecular weight excluding hydrogens is 242 g/mol. The molecule has 1 N–H and O–H groups in total. The van der Waals surface area contributed by atoms with Crippen LogP contribution in [-0.2, 0) is 4.79 Å². The molecular formula is C15H19NO3. The summed E-state index contributed by atoms with van der Waals surface area (Å²) >= 11 is 0. The second-order valence-electron chi connectivity index (χ2n) is 4.59. The number of amides is 1. The number of methoxy groups -OCH3 is 2. The average molecular weight is 261 g/mol. The smallest absolute Gasteiger partial charge is 0.224 e. The molecule has 0 aromatic heterocycles. The van der Waals surface area contributed by atoms with Gasteiger partial charge >= 0.3 is 0 Å². The molecule has 1 aliphatic carbocycles. The van der Waals surface area contributed by atoms with Crippen LogP contribution in [0.15, 0.2) is 30.4 Å². The van der Waals surface area contributed by atoms with Crippen molar-refractivity contribution < 1.29 is 14.3 Å². The first kappa shape index (κ1) is 13.5. The normalized spacial score (nSPS) is 17.3. The Labute approximate surface area is 113 Å². The lowest BCUT2D eigenvalue weighted by molar-refractivity contribution is -0.116. The van der Waals surface area contributed by atoms with E-state index in [-0.39, 0.29) is 5.91 Å². The summed E-state index contributed by atoms with van der Waals surface area (Å²) < 4.78 is 10.4. The largest absolute Gasteiger partial charge is 0.493 e. The molecule has 1 aliphatic rings. The lowest BCUT2D eigenvalue weighted by atomic mass is 10.1. The van der Waals surface area contributed by atoms with E-state index in [1.165, 1.54) is 0 Å². The third-order valence-electron chi connectivity index (χ3n) is 3.23. The molecule has 1 aromatic rings. The molecule has 1 atom stereocenters. The van der Waals surface area contributed by atoms with Crippen LogP contribution in [0.2, 0.25) is 0 Å². The van der Waals surface area contributed by atoms with E-state index in [4.69, 9.17) is 9.47 Å². The van der Waals surface area contributed by atoms with E-state index in [0.29, 0.717) is 23.8 Å². The minimum Gasteiger partial charge on any atom is -0.493 e. The summed E-state index contributed by atoms with van der Waals surface area (Å²) in [5.41, 5.74) is 0.727. The zero-order chi connectivity index (χ0) is 13.7. The van der Waals surface area contributed by atoms with Crippen LogP contribution in [0.3, 0.4) is 0 Å². The summed E-state index contributed by atoms with van der Waals surface area (Å²) in [6, 6.07) is 5.36. The summed E-state index contributed by atoms with van der Waals surface area (Å²) in [5, 5.41) is 2.89. The number of carbonyl (C=O) groups is 1. The van der Waals surface area contributed by atoms with Crippen molar-refractivity contribution in [2.75, 3.05) is 19.5 Å². The summed E-state index contributed by atoms with van der Waals surface area (Å²) in [6.07, 6.45) is 6.93. The van der Waals surface area contributed by atoms with Crippen molar-refractivity contribution >= 4 is 11.6 Å². The first-order valence-corrected chi connectivity index (χ1v) is 6.41. The van der Waals surface area contributed by atoms with Gasteiger partial charge in [-0.05, 0) is 30.9 Å². The monoisotopic (exact) mass is 261 g/mol. The Morgan fingerprint density at radius 1 is 1.32 bits per heavy atom. The van der Waals surface area contributed by atoms with Crippen LogP contribution in [0, 0.1) is 5.92 Å². The quantitative estimate of drug-likeness (QED) is 0.829. The molecule has 4 heteroatoms. The Bertz CT molecular complexity index is 482. The van der Waals surface area contributed by atoms with E-state index in [1.807, 2.05) is 6.07 Å². The molecule has 1 unspecified atom stereocenters. The molecule has 0 bridgehead atoms. The molecule has 1 amide bonds. The van der Waals surface area contributed by atoms with Crippen molar-refractivity contribution in [2.45, 2.75) is 19.3 Å². The zero-order valence-corrected chi connectivity index (χ0v) is 11.3. The second kappa shape index (κ2) is 6.27. The zero-order valence-electron chi connectivity index (χ0n) is 11.3. The van der Waals surface area contributed by atoms with Crippen molar-refractivity contribution in [1.82, 2.24) is 0 Å². The minimum atomic E-state index is 0.0313. The number of hydrogen-bond acceptors (Lipinski definition) is 3. The van der Waals surface area contributed by atoms with Crippen LogP contribution < -0.4 is 14.8 Å². The van der Waals surface area contributed by atoms with Crippen molar-refractivity contribution in [1.29, 1.82) is 0 Å². The summed E-state index contributed by atoms with van der Waals surface area (Å²) in [6.45, 7) is 0. The van der Waals surface area contributed by atoms with Gasteiger partial charge in [-0.3, -0.25) is 4.79 Å².